The van der Waals surface area contributed by atoms with Gasteiger partial charge in [0.15, 0.2) is 0 Å². The van der Waals surface area contributed by atoms with E-state index in [4.69, 9.17) is 21.1 Å². The van der Waals surface area contributed by atoms with E-state index in [0.29, 0.717) is 40.1 Å². The quantitative estimate of drug-likeness (QED) is 0.0128. The highest BCUT2D eigenvalue weighted by molar-refractivity contribution is 7.94. The number of hydrogen-bond donors (Lipinski definition) is 10. The zero-order chi connectivity index (χ0) is 45.9. The average molecular weight is 935 g/mol. The van der Waals surface area contributed by atoms with Crippen molar-refractivity contribution in [1.82, 2.24) is 29.9 Å². The molecule has 22 heteroatoms. The van der Waals surface area contributed by atoms with E-state index >= 15 is 0 Å². The van der Waals surface area contributed by atoms with E-state index in [-0.39, 0.29) is 64.1 Å². The summed E-state index contributed by atoms with van der Waals surface area (Å²) in [4.78, 5) is 27.6. The van der Waals surface area contributed by atoms with Gasteiger partial charge in [0.05, 0.1) is 12.0 Å². The second kappa shape index (κ2) is 21.7. The molecule has 0 bridgehead atoms. The summed E-state index contributed by atoms with van der Waals surface area (Å²) in [6.07, 6.45) is 10.8. The van der Waals surface area contributed by atoms with Gasteiger partial charge < -0.3 is 43.4 Å². The molecule has 4 aromatic carbocycles. The number of hydrogen-bond acceptors (Lipinski definition) is 20. The van der Waals surface area contributed by atoms with Gasteiger partial charge in [0.25, 0.3) is 10.1 Å². The molecule has 0 amide bonds. The van der Waals surface area contributed by atoms with Gasteiger partial charge in [-0.25, -0.2) is 5.26 Å². The first-order valence-corrected chi connectivity index (χ1v) is 23.6. The molecular weight excluding hydrogens is 885 g/mol. The lowest BCUT2D eigenvalue weighted by Crippen LogP contribution is -2.43. The zero-order valence-corrected chi connectivity index (χ0v) is 37.2. The molecule has 2 aliphatic carbocycles. The van der Waals surface area contributed by atoms with Crippen molar-refractivity contribution in [3.63, 3.8) is 0 Å². The van der Waals surface area contributed by atoms with E-state index in [2.05, 4.69) is 66.8 Å². The highest BCUT2D eigenvalue weighted by Gasteiger charge is 2.25. The Bertz CT molecular complexity index is 2720. The summed E-state index contributed by atoms with van der Waals surface area (Å²) in [7, 11) is -4.75. The van der Waals surface area contributed by atoms with Crippen LogP contribution in [0.5, 0.6) is 0 Å². The van der Waals surface area contributed by atoms with Crippen molar-refractivity contribution in [1.29, 1.82) is 0 Å². The summed E-state index contributed by atoms with van der Waals surface area (Å²) in [6, 6.07) is 28.3. The maximum Gasteiger partial charge on any atom is 0.295 e. The summed E-state index contributed by atoms with van der Waals surface area (Å²) >= 11 is 0.696. The Balaban J connectivity index is 1.04. The molecule has 0 aliphatic heterocycles. The maximum atomic E-state index is 12.9. The van der Waals surface area contributed by atoms with Crippen molar-refractivity contribution in [3.8, 4) is 0 Å². The lowest BCUT2D eigenvalue weighted by molar-refractivity contribution is -0.432. The van der Waals surface area contributed by atoms with Gasteiger partial charge in [-0.1, -0.05) is 91.4 Å². The van der Waals surface area contributed by atoms with E-state index in [1.54, 1.807) is 30.3 Å². The van der Waals surface area contributed by atoms with E-state index in [1.165, 1.54) is 18.2 Å². The third-order valence-electron chi connectivity index (χ3n) is 11.0. The molecule has 0 spiro atoms. The fourth-order valence-electron chi connectivity index (χ4n) is 7.70. The van der Waals surface area contributed by atoms with Crippen LogP contribution < -0.4 is 43.4 Å². The molecule has 2 fully saturated rings. The highest BCUT2D eigenvalue weighted by Crippen LogP contribution is 2.32. The molecule has 2 heterocycles. The maximum absolute atomic E-state index is 12.9. The SMILES string of the molecule is NC1CCCCC1Nc1nc(Nc2ccccc2)nc(Nc2ccc(/C=C/c3ccc(Nc4nc(Nc5ccccc5)nc(NC5CCCCC5N)n4)cc3S(=O)(=O)O)c(SOOO)c2)n1. The van der Waals surface area contributed by atoms with Crippen molar-refractivity contribution >= 4 is 92.8 Å². The Hall–Kier alpha value is -6.50. The fraction of sp³-hybridized carbons (Fsp3) is 0.273. The number of para-hydroxylation sites is 2. The van der Waals surface area contributed by atoms with E-state index in [9.17, 15) is 13.0 Å². The molecule has 2 aromatic heterocycles. The van der Waals surface area contributed by atoms with Gasteiger partial charge >= 0.3 is 0 Å². The Kier molecular flexibility index (Phi) is 15.1. The van der Waals surface area contributed by atoms with Crippen LogP contribution in [-0.2, 0) is 19.5 Å². The van der Waals surface area contributed by atoms with Gasteiger partial charge in [-0.15, -0.1) is 4.33 Å². The summed E-state index contributed by atoms with van der Waals surface area (Å²) in [6.45, 7) is 0. The molecule has 12 N–H and O–H groups in total. The number of rotatable bonds is 18. The highest BCUT2D eigenvalue weighted by atomic mass is 32.2. The standard InChI is InChI=1S/C44H50N14O6S2/c45-33-15-7-9-17-35(33)51-43-55-39(47-29-11-3-1-4-12-29)53-41(57-43)49-31-23-21-27(37(25-31)65-64-63-59)19-20-28-22-24-32(26-38(28)66(60,61)62)50-42-54-40(48-30-13-5-2-6-14-30)56-44(58-42)52-36-18-10-8-16-34(36)46/h1-6,11-14,19-26,33-36,59H,7-10,15-18,45-46H2,(H,60,61,62)(H3,47,49,51,53,55,57)(H3,48,50,52,54,56,58)/b20-19+. The number of benzene rings is 4. The molecule has 0 radical (unpaired) electrons. The molecule has 8 rings (SSSR count). The summed E-state index contributed by atoms with van der Waals surface area (Å²) in [5.41, 5.74) is 15.9. The Morgan fingerprint density at radius 2 is 0.985 bits per heavy atom. The molecule has 20 nitrogen and oxygen atoms in total. The molecule has 344 valence electrons. The Labute approximate surface area is 385 Å². The first-order valence-electron chi connectivity index (χ1n) is 21.4. The minimum atomic E-state index is -4.75. The third kappa shape index (κ3) is 12.6. The van der Waals surface area contributed by atoms with Crippen LogP contribution in [0.2, 0.25) is 0 Å². The molecule has 66 heavy (non-hydrogen) atoms. The molecule has 0 saturated heterocycles. The first-order chi connectivity index (χ1) is 32.0. The topological polar surface area (TPSA) is 295 Å². The lowest BCUT2D eigenvalue weighted by atomic mass is 9.91. The van der Waals surface area contributed by atoms with Gasteiger partial charge in [-0.3, -0.25) is 4.55 Å². The van der Waals surface area contributed by atoms with Gasteiger partial charge in [0.2, 0.25) is 35.7 Å². The van der Waals surface area contributed by atoms with Crippen LogP contribution in [0.3, 0.4) is 0 Å². The number of nitrogens with one attached hydrogen (secondary N) is 6. The average Bonchev–Trinajstić information content (AvgIpc) is 3.30. The van der Waals surface area contributed by atoms with Crippen LogP contribution in [0.1, 0.15) is 62.5 Å². The molecule has 4 atom stereocenters. The molecular formula is C44H50N14O6S2. The predicted molar refractivity (Wildman–Crippen MR) is 256 cm³/mol. The van der Waals surface area contributed by atoms with Crippen molar-refractivity contribution < 1.29 is 27.6 Å². The first kappa shape index (κ1) is 46.0. The smallest absolute Gasteiger partial charge is 0.295 e. The Morgan fingerprint density at radius 3 is 1.45 bits per heavy atom. The second-order valence-electron chi connectivity index (χ2n) is 15.8. The normalized spacial score (nSPS) is 18.7. The van der Waals surface area contributed by atoms with Gasteiger partial charge in [-0.05, 0) is 85.3 Å². The summed E-state index contributed by atoms with van der Waals surface area (Å²) in [5, 5.41) is 32.4. The predicted octanol–water partition coefficient (Wildman–Crippen LogP) is 8.24. The second-order valence-corrected chi connectivity index (χ2v) is 17.9. The molecule has 4 unspecified atom stereocenters. The monoisotopic (exact) mass is 934 g/mol. The number of nitrogens with two attached hydrogens (primary N) is 2. The van der Waals surface area contributed by atoms with E-state index < -0.39 is 10.1 Å². The number of anilines is 10. The molecule has 2 saturated carbocycles. The van der Waals surface area contributed by atoms with Gasteiger partial charge in [0, 0.05) is 51.8 Å². The van der Waals surface area contributed by atoms with Crippen molar-refractivity contribution in [2.45, 2.75) is 85.3 Å². The van der Waals surface area contributed by atoms with Crippen LogP contribution in [-0.4, -0.2) is 72.3 Å². The van der Waals surface area contributed by atoms with Gasteiger partial charge in [-0.2, -0.15) is 38.3 Å². The van der Waals surface area contributed by atoms with Crippen molar-refractivity contribution in [2.24, 2.45) is 11.5 Å². The van der Waals surface area contributed by atoms with Crippen LogP contribution in [0.25, 0.3) is 12.2 Å². The van der Waals surface area contributed by atoms with Crippen LogP contribution in [0, 0.1) is 0 Å². The van der Waals surface area contributed by atoms with Crippen LogP contribution in [0.15, 0.2) is 107 Å². The summed E-state index contributed by atoms with van der Waals surface area (Å²) < 4.78 is 40.9. The third-order valence-corrected chi connectivity index (χ3v) is 12.6. The number of nitrogens with zero attached hydrogens (tertiary/aromatic N) is 6. The van der Waals surface area contributed by atoms with Crippen LogP contribution >= 0.6 is 12.0 Å². The van der Waals surface area contributed by atoms with Crippen molar-refractivity contribution in [2.75, 3.05) is 31.9 Å². The number of aromatic nitrogens is 6. The minimum absolute atomic E-state index is 0.00905. The minimum Gasteiger partial charge on any atom is -0.350 e. The zero-order valence-electron chi connectivity index (χ0n) is 35.5. The van der Waals surface area contributed by atoms with E-state index in [0.717, 1.165) is 62.7 Å². The van der Waals surface area contributed by atoms with Crippen molar-refractivity contribution in [3.05, 3.63) is 108 Å². The van der Waals surface area contributed by atoms with Gasteiger partial charge in [0.1, 0.15) is 4.90 Å². The molecule has 2 aliphatic rings. The largest absolute Gasteiger partial charge is 0.350 e. The molecule has 6 aromatic rings. The lowest BCUT2D eigenvalue weighted by Gasteiger charge is -2.29. The summed E-state index contributed by atoms with van der Waals surface area (Å²) in [5.74, 6) is 1.51. The van der Waals surface area contributed by atoms with E-state index in [1.807, 2.05) is 60.7 Å². The van der Waals surface area contributed by atoms with Crippen LogP contribution in [0.4, 0.5) is 58.4 Å². The fourth-order valence-corrected chi connectivity index (χ4v) is 8.92. The Morgan fingerprint density at radius 1 is 0.561 bits per heavy atom.